The number of nitrogens with two attached hydrogens (primary N) is 1. The van der Waals surface area contributed by atoms with Crippen LogP contribution in [-0.2, 0) is 34.2 Å². The molecule has 1 aromatic heterocycles. The number of esters is 1. The van der Waals surface area contributed by atoms with Crippen molar-refractivity contribution in [3.8, 4) is 0 Å². The summed E-state index contributed by atoms with van der Waals surface area (Å²) in [4.78, 5) is 32.3. The van der Waals surface area contributed by atoms with Gasteiger partial charge in [0.25, 0.3) is 0 Å². The summed E-state index contributed by atoms with van der Waals surface area (Å²) in [6.07, 6.45) is 0.909. The lowest BCUT2D eigenvalue weighted by atomic mass is 10.0. The van der Waals surface area contributed by atoms with Gasteiger partial charge in [-0.3, -0.25) is 4.79 Å². The molecule has 0 aliphatic rings. The summed E-state index contributed by atoms with van der Waals surface area (Å²) >= 11 is 11.9. The van der Waals surface area contributed by atoms with E-state index in [1.165, 1.54) is 12.1 Å². The molecular weight excluding hydrogens is 532 g/mol. The van der Waals surface area contributed by atoms with Crippen LogP contribution < -0.4 is 16.0 Å². The third-order valence-corrected chi connectivity index (χ3v) is 6.62. The average molecular weight is 567 g/mol. The number of nitrogens with zero attached hydrogens (tertiary/aromatic N) is 3. The van der Waals surface area contributed by atoms with Gasteiger partial charge < -0.3 is 25.3 Å². The maximum absolute atomic E-state index is 13.2. The Kier molecular flexibility index (Phi) is 11.2. The zero-order chi connectivity index (χ0) is 27.7. The number of carbonyl (C=O) groups excluding carboxylic acids is 2. The molecule has 3 N–H and O–H groups in total. The lowest BCUT2D eigenvalue weighted by Gasteiger charge is -2.22. The van der Waals surface area contributed by atoms with Gasteiger partial charge in [0.05, 0.1) is 23.7 Å². The van der Waals surface area contributed by atoms with Gasteiger partial charge in [-0.25, -0.2) is 14.2 Å². The number of nitrogens with one attached hydrogen (secondary N) is 1. The van der Waals surface area contributed by atoms with Crippen molar-refractivity contribution in [2.24, 2.45) is 12.8 Å². The second-order valence-corrected chi connectivity index (χ2v) is 9.67. The van der Waals surface area contributed by atoms with Crippen LogP contribution >= 0.6 is 23.2 Å². The molecule has 1 heterocycles. The lowest BCUT2D eigenvalue weighted by Crippen LogP contribution is -2.49. The van der Waals surface area contributed by atoms with Crippen LogP contribution in [0.25, 0.3) is 11.0 Å². The molecule has 1 amide bonds. The van der Waals surface area contributed by atoms with Gasteiger partial charge >= 0.3 is 5.97 Å². The van der Waals surface area contributed by atoms with Gasteiger partial charge in [-0.2, -0.15) is 0 Å². The van der Waals surface area contributed by atoms with Crippen LogP contribution in [0.3, 0.4) is 0 Å². The summed E-state index contributed by atoms with van der Waals surface area (Å²) in [7, 11) is 1.91. The maximum Gasteiger partial charge on any atom is 0.328 e. The molecular formula is C27H34Cl2FN5O3. The number of amides is 1. The zero-order valence-corrected chi connectivity index (χ0v) is 23.1. The van der Waals surface area contributed by atoms with Crippen molar-refractivity contribution in [3.05, 3.63) is 59.7 Å². The number of halogens is 3. The fraction of sp³-hybridized carbons (Fsp3) is 0.444. The highest BCUT2D eigenvalue weighted by molar-refractivity contribution is 6.18. The van der Waals surface area contributed by atoms with E-state index in [1.807, 2.05) is 29.8 Å². The summed E-state index contributed by atoms with van der Waals surface area (Å²) in [5.41, 5.74) is 9.53. The molecule has 2 atom stereocenters. The normalized spacial score (nSPS) is 12.8. The highest BCUT2D eigenvalue weighted by Crippen LogP contribution is 2.23. The minimum atomic E-state index is -0.907. The van der Waals surface area contributed by atoms with Gasteiger partial charge in [-0.15, -0.1) is 23.2 Å². The molecule has 8 nitrogen and oxygen atoms in total. The highest BCUT2D eigenvalue weighted by Gasteiger charge is 2.26. The average Bonchev–Trinajstić information content (AvgIpc) is 3.22. The molecule has 0 spiro atoms. The minimum Gasteiger partial charge on any atom is -0.464 e. The summed E-state index contributed by atoms with van der Waals surface area (Å²) in [5, 5.41) is 2.73. The van der Waals surface area contributed by atoms with E-state index in [-0.39, 0.29) is 25.3 Å². The Hall–Kier alpha value is -2.88. The third kappa shape index (κ3) is 7.82. The fourth-order valence-corrected chi connectivity index (χ4v) is 4.65. The van der Waals surface area contributed by atoms with Gasteiger partial charge in [0.15, 0.2) is 0 Å². The largest absolute Gasteiger partial charge is 0.464 e. The molecule has 0 saturated heterocycles. The van der Waals surface area contributed by atoms with E-state index in [1.54, 1.807) is 19.1 Å². The van der Waals surface area contributed by atoms with Crippen LogP contribution in [0.1, 0.15) is 24.7 Å². The second kappa shape index (κ2) is 14.3. The number of imidazole rings is 1. The molecule has 0 radical (unpaired) electrons. The first-order chi connectivity index (χ1) is 18.3. The van der Waals surface area contributed by atoms with Crippen LogP contribution in [0.15, 0.2) is 42.5 Å². The summed E-state index contributed by atoms with van der Waals surface area (Å²) in [6, 6.07) is 9.99. The predicted molar refractivity (Wildman–Crippen MR) is 149 cm³/mol. The molecule has 0 saturated carbocycles. The molecule has 0 fully saturated rings. The molecule has 206 valence electrons. The Morgan fingerprint density at radius 2 is 1.84 bits per heavy atom. The van der Waals surface area contributed by atoms with Crippen molar-refractivity contribution in [1.29, 1.82) is 0 Å². The van der Waals surface area contributed by atoms with E-state index in [2.05, 4.69) is 10.2 Å². The topological polar surface area (TPSA) is 102 Å². The van der Waals surface area contributed by atoms with Crippen LogP contribution in [0, 0.1) is 5.82 Å². The van der Waals surface area contributed by atoms with Crippen molar-refractivity contribution in [2.45, 2.75) is 38.3 Å². The first-order valence-corrected chi connectivity index (χ1v) is 13.6. The van der Waals surface area contributed by atoms with Crippen LogP contribution in [0.2, 0.25) is 0 Å². The first-order valence-electron chi connectivity index (χ1n) is 12.6. The van der Waals surface area contributed by atoms with Crippen LogP contribution in [-0.4, -0.2) is 65.0 Å². The predicted octanol–water partition coefficient (Wildman–Crippen LogP) is 3.55. The fourth-order valence-electron chi connectivity index (χ4n) is 4.24. The van der Waals surface area contributed by atoms with E-state index in [0.717, 1.165) is 28.1 Å². The summed E-state index contributed by atoms with van der Waals surface area (Å²) < 4.78 is 20.3. The van der Waals surface area contributed by atoms with Crippen molar-refractivity contribution < 1.29 is 18.7 Å². The van der Waals surface area contributed by atoms with Gasteiger partial charge in [-0.05, 0) is 55.7 Å². The Balaban J connectivity index is 1.72. The maximum atomic E-state index is 13.2. The molecule has 0 aliphatic heterocycles. The number of hydrogen-bond donors (Lipinski definition) is 2. The number of fused-ring (bicyclic) bond motifs is 1. The first kappa shape index (κ1) is 29.7. The van der Waals surface area contributed by atoms with Gasteiger partial charge in [-0.1, -0.05) is 12.1 Å². The Morgan fingerprint density at radius 3 is 2.47 bits per heavy atom. The number of benzene rings is 2. The number of hydrogen-bond acceptors (Lipinski definition) is 6. The smallest absolute Gasteiger partial charge is 0.328 e. The molecule has 0 bridgehead atoms. The van der Waals surface area contributed by atoms with E-state index in [0.29, 0.717) is 31.3 Å². The molecule has 2 aromatic carbocycles. The minimum absolute atomic E-state index is 0.184. The molecule has 38 heavy (non-hydrogen) atoms. The van der Waals surface area contributed by atoms with E-state index in [4.69, 9.17) is 38.7 Å². The summed E-state index contributed by atoms with van der Waals surface area (Å²) in [5.74, 6) is 0.343. The number of ether oxygens (including phenoxy) is 1. The Bertz CT molecular complexity index is 1220. The Morgan fingerprint density at radius 1 is 1.16 bits per heavy atom. The van der Waals surface area contributed by atoms with Crippen molar-refractivity contribution in [1.82, 2.24) is 14.9 Å². The van der Waals surface area contributed by atoms with E-state index < -0.39 is 24.0 Å². The monoisotopic (exact) mass is 565 g/mol. The summed E-state index contributed by atoms with van der Waals surface area (Å²) in [6.45, 7) is 3.23. The number of carbonyl (C=O) groups is 2. The number of aromatic nitrogens is 2. The van der Waals surface area contributed by atoms with Crippen molar-refractivity contribution in [2.75, 3.05) is 36.4 Å². The van der Waals surface area contributed by atoms with E-state index >= 15 is 0 Å². The Labute approximate surface area is 232 Å². The van der Waals surface area contributed by atoms with Gasteiger partial charge in [0.1, 0.15) is 17.7 Å². The lowest BCUT2D eigenvalue weighted by molar-refractivity contribution is -0.147. The van der Waals surface area contributed by atoms with Gasteiger partial charge in [0.2, 0.25) is 5.91 Å². The molecule has 3 aromatic rings. The van der Waals surface area contributed by atoms with Crippen LogP contribution in [0.5, 0.6) is 0 Å². The quantitative estimate of drug-likeness (QED) is 0.229. The third-order valence-electron chi connectivity index (χ3n) is 6.28. The SMILES string of the molecule is CCOC(=O)[C@H](CCc1nc2cc(N(CCCl)CCCl)ccc2n1C)NC(=O)[C@@H](N)Cc1ccc(F)cc1. The zero-order valence-electron chi connectivity index (χ0n) is 21.6. The number of alkyl halides is 2. The highest BCUT2D eigenvalue weighted by atomic mass is 35.5. The van der Waals surface area contributed by atoms with Gasteiger partial charge in [0, 0.05) is 44.0 Å². The second-order valence-electron chi connectivity index (χ2n) is 8.91. The molecule has 11 heteroatoms. The number of aryl methyl sites for hydroxylation is 2. The van der Waals surface area contributed by atoms with E-state index in [9.17, 15) is 14.0 Å². The number of rotatable bonds is 14. The molecule has 0 aliphatic carbocycles. The molecule has 0 unspecified atom stereocenters. The number of anilines is 1. The van der Waals surface area contributed by atoms with Crippen molar-refractivity contribution in [3.63, 3.8) is 0 Å². The van der Waals surface area contributed by atoms with Crippen LogP contribution in [0.4, 0.5) is 10.1 Å². The van der Waals surface area contributed by atoms with Crippen molar-refractivity contribution >= 4 is 51.8 Å². The standard InChI is InChI=1S/C27H34Cl2FN5O3/c1-3-38-27(37)22(33-26(36)21(31)16-18-4-6-19(30)7-5-18)9-11-25-32-23-17-20(8-10-24(23)34(25)2)35(14-12-28)15-13-29/h4-8,10,17,21-22H,3,9,11-16,31H2,1-2H3,(H,33,36)/t21-,22-/m0/s1. The molecule has 3 rings (SSSR count).